The average Bonchev–Trinajstić information content (AvgIpc) is 1.91. The van der Waals surface area contributed by atoms with E-state index in [1.165, 1.54) is 0 Å². The van der Waals surface area contributed by atoms with Gasteiger partial charge in [-0.2, -0.15) is 0 Å². The predicted octanol–water partition coefficient (Wildman–Crippen LogP) is 0.183. The Morgan fingerprint density at radius 2 is 2.44 bits per heavy atom. The summed E-state index contributed by atoms with van der Waals surface area (Å²) in [4.78, 5) is 4.00. The summed E-state index contributed by atoms with van der Waals surface area (Å²) in [7, 11) is 0. The molecule has 1 rings (SSSR count). The highest BCUT2D eigenvalue weighted by Gasteiger charge is 1.85. The third-order valence-electron chi connectivity index (χ3n) is 1.02. The lowest BCUT2D eigenvalue weighted by Crippen LogP contribution is -2.03. The molecule has 9 heavy (non-hydrogen) atoms. The van der Waals surface area contributed by atoms with E-state index in [0.717, 1.165) is 12.1 Å². The normalized spacial score (nSPS) is 8.56. The molecule has 2 nitrogen and oxygen atoms in total. The Morgan fingerprint density at radius 1 is 1.56 bits per heavy atom. The highest BCUT2D eigenvalue weighted by atomic mass is 14.7. The molecule has 0 saturated carbocycles. The van der Waals surface area contributed by atoms with E-state index in [0.29, 0.717) is 6.54 Å². The molecule has 0 saturated heterocycles. The first-order chi connectivity index (χ1) is 4.43. The van der Waals surface area contributed by atoms with Gasteiger partial charge in [-0.25, -0.2) is 0 Å². The highest BCUT2D eigenvalue weighted by molar-refractivity contribution is 4.97. The van der Waals surface area contributed by atoms with Gasteiger partial charge in [0.25, 0.3) is 0 Å². The molecule has 0 unspecified atom stereocenters. The highest BCUT2D eigenvalue weighted by Crippen LogP contribution is 1.87. The van der Waals surface area contributed by atoms with Crippen LogP contribution in [-0.4, -0.2) is 11.5 Å². The second-order valence-corrected chi connectivity index (χ2v) is 1.72. The Bertz CT molecular complexity index is 160. The number of hydrogen-bond acceptors (Lipinski definition) is 2. The molecular weight excluding hydrogens is 112 g/mol. The number of nitrogens with two attached hydrogens (primary N) is 1. The maximum absolute atomic E-state index is 5.30. The average molecular weight is 120 g/mol. The van der Waals surface area contributed by atoms with Crippen LogP contribution in [0.3, 0.4) is 0 Å². The number of nitrogens with zero attached hydrogens (tertiary/aromatic N) is 1. The summed E-state index contributed by atoms with van der Waals surface area (Å²) in [6, 6.07) is 7.32. The molecule has 2 heteroatoms. The molecule has 1 heterocycles. The standard InChI is InChI=1S/C7H8N2/c8-5-4-7-3-1-2-6-9-7/h3,6H,4-5,8H2. The third kappa shape index (κ3) is 1.71. The van der Waals surface area contributed by atoms with E-state index < -0.39 is 0 Å². The summed E-state index contributed by atoms with van der Waals surface area (Å²) in [6.07, 6.45) is 2.43. The fourth-order valence-corrected chi connectivity index (χ4v) is 0.599. The maximum atomic E-state index is 5.30. The van der Waals surface area contributed by atoms with Gasteiger partial charge in [0.2, 0.25) is 0 Å². The minimum absolute atomic E-state index is 0.644. The van der Waals surface area contributed by atoms with Crippen molar-refractivity contribution >= 4 is 0 Å². The van der Waals surface area contributed by atoms with E-state index in [9.17, 15) is 0 Å². The zero-order valence-corrected chi connectivity index (χ0v) is 5.09. The van der Waals surface area contributed by atoms with Crippen LogP contribution >= 0.6 is 0 Å². The molecule has 0 aliphatic heterocycles. The van der Waals surface area contributed by atoms with Crippen molar-refractivity contribution in [1.82, 2.24) is 4.98 Å². The fourth-order valence-electron chi connectivity index (χ4n) is 0.599. The van der Waals surface area contributed by atoms with Crippen LogP contribution in [0.5, 0.6) is 0 Å². The predicted molar refractivity (Wildman–Crippen MR) is 34.7 cm³/mol. The lowest BCUT2D eigenvalue weighted by Gasteiger charge is -1.90. The first kappa shape index (κ1) is 6.06. The number of rotatable bonds is 2. The first-order valence-corrected chi connectivity index (χ1v) is 2.86. The summed E-state index contributed by atoms with van der Waals surface area (Å²) in [5, 5.41) is 0. The van der Waals surface area contributed by atoms with Crippen molar-refractivity contribution in [2.24, 2.45) is 5.73 Å². The van der Waals surface area contributed by atoms with Gasteiger partial charge < -0.3 is 5.73 Å². The quantitative estimate of drug-likeness (QED) is 0.604. The molecule has 0 bridgehead atoms. The van der Waals surface area contributed by atoms with E-state index in [1.54, 1.807) is 12.3 Å². The molecule has 0 aromatic carbocycles. The van der Waals surface area contributed by atoms with Crippen LogP contribution in [-0.2, 0) is 6.42 Å². The smallest absolute Gasteiger partial charge is 0.0773 e. The second kappa shape index (κ2) is 3.06. The molecule has 0 atom stereocenters. The molecule has 1 aromatic rings. The zero-order chi connectivity index (χ0) is 6.53. The summed E-state index contributed by atoms with van der Waals surface area (Å²) in [6.45, 7) is 0.644. The van der Waals surface area contributed by atoms with E-state index in [2.05, 4.69) is 17.1 Å². The molecule has 46 valence electrons. The Kier molecular flexibility index (Phi) is 2.06. The Labute approximate surface area is 54.7 Å². The van der Waals surface area contributed by atoms with Crippen molar-refractivity contribution in [3.05, 3.63) is 30.1 Å². The van der Waals surface area contributed by atoms with E-state index in [-0.39, 0.29) is 0 Å². The minimum Gasteiger partial charge on any atom is -0.330 e. The van der Waals surface area contributed by atoms with Gasteiger partial charge >= 0.3 is 0 Å². The van der Waals surface area contributed by atoms with Gasteiger partial charge in [-0.05, 0) is 6.54 Å². The van der Waals surface area contributed by atoms with Gasteiger partial charge in [0.05, 0.1) is 11.9 Å². The van der Waals surface area contributed by atoms with Crippen molar-refractivity contribution in [2.45, 2.75) is 6.42 Å². The molecule has 0 fully saturated rings. The van der Waals surface area contributed by atoms with Crippen molar-refractivity contribution in [2.75, 3.05) is 6.54 Å². The molecule has 0 spiro atoms. The monoisotopic (exact) mass is 120 g/mol. The van der Waals surface area contributed by atoms with Gasteiger partial charge in [0, 0.05) is 12.5 Å². The topological polar surface area (TPSA) is 38.9 Å². The van der Waals surface area contributed by atoms with Gasteiger partial charge in [-0.15, -0.1) is 0 Å². The lowest BCUT2D eigenvalue weighted by atomic mass is 10.3. The van der Waals surface area contributed by atoms with Gasteiger partial charge in [0.15, 0.2) is 0 Å². The Balaban J connectivity index is 2.61. The first-order valence-electron chi connectivity index (χ1n) is 2.86. The van der Waals surface area contributed by atoms with E-state index in [4.69, 9.17) is 5.73 Å². The van der Waals surface area contributed by atoms with E-state index >= 15 is 0 Å². The molecule has 2 N–H and O–H groups in total. The molecule has 0 aliphatic rings. The Morgan fingerprint density at radius 3 is 3.00 bits per heavy atom. The van der Waals surface area contributed by atoms with Crippen LogP contribution in [0.25, 0.3) is 0 Å². The lowest BCUT2D eigenvalue weighted by molar-refractivity contribution is 0.924. The van der Waals surface area contributed by atoms with Gasteiger partial charge in [0.1, 0.15) is 0 Å². The maximum Gasteiger partial charge on any atom is 0.0773 e. The summed E-state index contributed by atoms with van der Waals surface area (Å²) in [5.41, 5.74) is 6.28. The largest absolute Gasteiger partial charge is 0.330 e. The van der Waals surface area contributed by atoms with Crippen LogP contribution in [0, 0.1) is 12.1 Å². The van der Waals surface area contributed by atoms with Crippen molar-refractivity contribution in [1.29, 1.82) is 0 Å². The summed E-state index contributed by atoms with van der Waals surface area (Å²) in [5.74, 6) is 0. The van der Waals surface area contributed by atoms with E-state index in [1.807, 2.05) is 0 Å². The number of aromatic nitrogens is 1. The number of hydrogen-bond donors (Lipinski definition) is 1. The summed E-state index contributed by atoms with van der Waals surface area (Å²) >= 11 is 0. The van der Waals surface area contributed by atoms with Crippen LogP contribution < -0.4 is 5.73 Å². The SMILES string of the molecule is NCCc1cc#ccn1. The van der Waals surface area contributed by atoms with Crippen molar-refractivity contribution < 1.29 is 0 Å². The van der Waals surface area contributed by atoms with Crippen molar-refractivity contribution in [3.8, 4) is 0 Å². The summed E-state index contributed by atoms with van der Waals surface area (Å²) < 4.78 is 0. The molecule has 0 aliphatic carbocycles. The van der Waals surface area contributed by atoms with Crippen LogP contribution in [0.4, 0.5) is 0 Å². The molecule has 0 amide bonds. The van der Waals surface area contributed by atoms with Crippen LogP contribution in [0.15, 0.2) is 12.3 Å². The molecule has 1 aromatic heterocycles. The van der Waals surface area contributed by atoms with Crippen LogP contribution in [0.1, 0.15) is 5.69 Å². The minimum atomic E-state index is 0.644. The second-order valence-electron chi connectivity index (χ2n) is 1.72. The van der Waals surface area contributed by atoms with Gasteiger partial charge in [-0.1, -0.05) is 12.1 Å². The molecule has 0 radical (unpaired) electrons. The molecular formula is C7H8N2. The Hall–Kier alpha value is -1.07. The fraction of sp³-hybridized carbons (Fsp3) is 0.286. The third-order valence-corrected chi connectivity index (χ3v) is 1.02. The van der Waals surface area contributed by atoms with Gasteiger partial charge in [-0.3, -0.25) is 4.98 Å². The van der Waals surface area contributed by atoms with Crippen LogP contribution in [0.2, 0.25) is 0 Å². The zero-order valence-electron chi connectivity index (χ0n) is 5.09. The van der Waals surface area contributed by atoms with Crippen molar-refractivity contribution in [3.63, 3.8) is 0 Å².